The maximum atomic E-state index is 15.6. The fraction of sp³-hybridized carbons (Fsp3) is 0.143. The number of benzene rings is 13. The van der Waals surface area contributed by atoms with Crippen LogP contribution in [-0.2, 0) is 0 Å². The van der Waals surface area contributed by atoms with Gasteiger partial charge < -0.3 is 66.1 Å². The molecule has 0 unspecified atom stereocenters. The van der Waals surface area contributed by atoms with Crippen LogP contribution in [0, 0.1) is 0 Å². The molecule has 0 radical (unpaired) electrons. The molecule has 516 valence electrons. The molecule has 8 N–H and O–H groups in total. The second-order valence-corrected chi connectivity index (χ2v) is 24.4. The minimum atomic E-state index is -0.911. The largest absolute Gasteiger partial charge is 0.496 e. The first kappa shape index (κ1) is 68.5. The summed E-state index contributed by atoms with van der Waals surface area (Å²) in [5, 5.41) is 21.3. The van der Waals surface area contributed by atoms with E-state index in [4.69, 9.17) is 39.9 Å². The van der Waals surface area contributed by atoms with Crippen LogP contribution < -0.4 is 61.2 Å². The van der Waals surface area contributed by atoms with Crippen LogP contribution in [0.15, 0.2) is 212 Å². The summed E-state index contributed by atoms with van der Waals surface area (Å²) in [6.45, 7) is -0.184. The van der Waals surface area contributed by atoms with E-state index in [-0.39, 0.29) is 101 Å². The number of fused-ring (bicyclic) bond motifs is 6. The Balaban J connectivity index is 0.869. The van der Waals surface area contributed by atoms with Crippen LogP contribution in [0.4, 0.5) is 5.69 Å². The van der Waals surface area contributed by atoms with Crippen LogP contribution in [0.5, 0.6) is 34.5 Å². The molecule has 6 amide bonds. The maximum absolute atomic E-state index is 15.6. The minimum absolute atomic E-state index is 0.00799. The molecule has 103 heavy (non-hydrogen) atoms. The zero-order valence-electron chi connectivity index (χ0n) is 57.5. The minimum Gasteiger partial charge on any atom is -0.496 e. The molecule has 0 spiro atoms. The van der Waals surface area contributed by atoms with Gasteiger partial charge in [0.1, 0.15) is 34.5 Å². The predicted molar refractivity (Wildman–Crippen MR) is 405 cm³/mol. The lowest BCUT2D eigenvalue weighted by molar-refractivity contribution is 0.0742. The van der Waals surface area contributed by atoms with Crippen molar-refractivity contribution in [3.8, 4) is 67.9 Å². The molecule has 0 saturated heterocycles. The number of nitrogens with zero attached hydrogens (tertiary/aromatic N) is 1. The van der Waals surface area contributed by atoms with Crippen molar-refractivity contribution in [3.05, 3.63) is 246 Å². The average molecular weight is 1370 g/mol. The highest BCUT2D eigenvalue weighted by Crippen LogP contribution is 2.51. The number of carbonyl (C=O) groups is 6. The zero-order valence-corrected chi connectivity index (χ0v) is 57.5. The number of ether oxygens (including phenoxy) is 6. The number of carbonyl (C=O) groups excluding carboxylic acids is 6. The molecule has 0 atom stereocenters. The number of hydrogen-bond acceptors (Lipinski definition) is 13. The van der Waals surface area contributed by atoms with Crippen molar-refractivity contribution in [1.82, 2.24) is 20.9 Å². The van der Waals surface area contributed by atoms with E-state index < -0.39 is 35.4 Å². The Bertz CT molecular complexity index is 5380. The second kappa shape index (κ2) is 29.8. The van der Waals surface area contributed by atoms with Gasteiger partial charge in [-0.15, -0.1) is 0 Å². The Kier molecular flexibility index (Phi) is 19.8. The normalized spacial score (nSPS) is 11.2. The van der Waals surface area contributed by atoms with E-state index in [1.165, 1.54) is 51.5 Å². The Morgan fingerprint density at radius 3 is 0.990 bits per heavy atom. The van der Waals surface area contributed by atoms with Crippen molar-refractivity contribution < 1.29 is 57.2 Å². The quantitative estimate of drug-likeness (QED) is 0.0329. The van der Waals surface area contributed by atoms with Gasteiger partial charge in [-0.2, -0.15) is 0 Å². The van der Waals surface area contributed by atoms with Gasteiger partial charge >= 0.3 is 0 Å². The molecule has 0 fully saturated rings. The lowest BCUT2D eigenvalue weighted by Crippen LogP contribution is -2.43. The van der Waals surface area contributed by atoms with Gasteiger partial charge in [-0.25, -0.2) is 0 Å². The van der Waals surface area contributed by atoms with Crippen LogP contribution in [-0.4, -0.2) is 122 Å². The van der Waals surface area contributed by atoms with E-state index in [9.17, 15) is 19.2 Å². The molecule has 0 saturated carbocycles. The summed E-state index contributed by atoms with van der Waals surface area (Å²) in [5.41, 5.74) is 16.0. The van der Waals surface area contributed by atoms with E-state index in [0.29, 0.717) is 55.3 Å². The molecule has 13 rings (SSSR count). The number of rotatable bonds is 24. The van der Waals surface area contributed by atoms with Gasteiger partial charge in [-0.1, -0.05) is 158 Å². The lowest BCUT2D eigenvalue weighted by Gasteiger charge is -2.25. The van der Waals surface area contributed by atoms with Crippen LogP contribution in [0.25, 0.3) is 98.0 Å². The summed E-state index contributed by atoms with van der Waals surface area (Å²) in [6.07, 6.45) is 0. The van der Waals surface area contributed by atoms with Crippen LogP contribution >= 0.6 is 0 Å². The van der Waals surface area contributed by atoms with Gasteiger partial charge in [-0.05, 0) is 119 Å². The molecule has 13 aromatic rings. The SMILES string of the molecule is COc1ccc2ccccc2c1-c1c(OC)c(C(=O)NCCN(CCNC(=O)c2cc3ccccc3c(-c3c(OC)ccc4ccccc34)c2OC)C(=O)c2cc(NC(=O)c3cc4ccccc4c(-c4c(OC)c(C(=O)NCCN)cc5ccccc45)c3OC)cc(C(N)=O)c2)cc2ccccc12. The Labute approximate surface area is 593 Å². The van der Waals surface area contributed by atoms with E-state index >= 15 is 9.59 Å². The molecule has 0 heterocycles. The van der Waals surface area contributed by atoms with E-state index in [0.717, 1.165) is 54.2 Å². The van der Waals surface area contributed by atoms with Crippen LogP contribution in [0.3, 0.4) is 0 Å². The topological polar surface area (TPSA) is 261 Å². The van der Waals surface area contributed by atoms with Crippen molar-refractivity contribution in [3.63, 3.8) is 0 Å². The van der Waals surface area contributed by atoms with Crippen molar-refractivity contribution in [2.45, 2.75) is 0 Å². The molecule has 0 bridgehead atoms. The molecule has 19 heteroatoms. The summed E-state index contributed by atoms with van der Waals surface area (Å²) >= 11 is 0. The first-order valence-corrected chi connectivity index (χ1v) is 33.3. The summed E-state index contributed by atoms with van der Waals surface area (Å²) in [6, 6.07) is 64.7. The molecule has 13 aromatic carbocycles. The van der Waals surface area contributed by atoms with Gasteiger partial charge in [0.25, 0.3) is 29.5 Å². The van der Waals surface area contributed by atoms with Crippen molar-refractivity contribution >= 4 is 106 Å². The van der Waals surface area contributed by atoms with Crippen molar-refractivity contribution in [2.24, 2.45) is 11.5 Å². The smallest absolute Gasteiger partial charge is 0.259 e. The van der Waals surface area contributed by atoms with Gasteiger partial charge in [0.05, 0.1) is 64.9 Å². The molecular formula is C84H73N7O12. The third-order valence-electron chi connectivity index (χ3n) is 18.5. The number of primary amides is 1. The number of methoxy groups -OCH3 is 6. The number of hydrogen-bond donors (Lipinski definition) is 6. The third kappa shape index (κ3) is 13.1. The Morgan fingerprint density at radius 2 is 0.650 bits per heavy atom. The van der Waals surface area contributed by atoms with Crippen LogP contribution in [0.1, 0.15) is 62.1 Å². The molecule has 19 nitrogen and oxygen atoms in total. The summed E-state index contributed by atoms with van der Waals surface area (Å²) in [4.78, 5) is 89.7. The number of amides is 6. The zero-order chi connectivity index (χ0) is 72.0. The molecule has 0 aliphatic heterocycles. The average Bonchev–Trinajstić information content (AvgIpc) is 0.811. The van der Waals surface area contributed by atoms with Gasteiger partial charge in [-0.3, -0.25) is 28.8 Å². The highest BCUT2D eigenvalue weighted by Gasteiger charge is 2.31. The Hall–Kier alpha value is -13.0. The fourth-order valence-electron chi connectivity index (χ4n) is 13.9. The van der Waals surface area contributed by atoms with Gasteiger partial charge in [0.2, 0.25) is 5.91 Å². The van der Waals surface area contributed by atoms with Crippen molar-refractivity contribution in [1.29, 1.82) is 0 Å². The first-order chi connectivity index (χ1) is 50.2. The fourth-order valence-corrected chi connectivity index (χ4v) is 13.9. The van der Waals surface area contributed by atoms with Gasteiger partial charge in [0.15, 0.2) is 0 Å². The highest BCUT2D eigenvalue weighted by molar-refractivity contribution is 6.20. The summed E-state index contributed by atoms with van der Waals surface area (Å²) < 4.78 is 36.8. The number of nitrogens with two attached hydrogens (primary N) is 2. The molecule has 0 aliphatic carbocycles. The van der Waals surface area contributed by atoms with E-state index in [1.807, 2.05) is 170 Å². The number of anilines is 1. The predicted octanol–water partition coefficient (Wildman–Crippen LogP) is 14.0. The first-order valence-electron chi connectivity index (χ1n) is 33.3. The van der Waals surface area contributed by atoms with Gasteiger partial charge in [0, 0.05) is 89.5 Å². The lowest BCUT2D eigenvalue weighted by atomic mass is 9.88. The van der Waals surface area contributed by atoms with E-state index in [1.54, 1.807) is 38.5 Å². The molecule has 0 aromatic heterocycles. The molecular weight excluding hydrogens is 1300 g/mol. The van der Waals surface area contributed by atoms with Crippen molar-refractivity contribution in [2.75, 3.05) is 87.2 Å². The Morgan fingerprint density at radius 1 is 0.340 bits per heavy atom. The summed E-state index contributed by atoms with van der Waals surface area (Å²) in [7, 11) is 9.09. The number of nitrogens with one attached hydrogen (secondary N) is 4. The third-order valence-corrected chi connectivity index (χ3v) is 18.5. The maximum Gasteiger partial charge on any atom is 0.259 e. The monoisotopic (exact) mass is 1370 g/mol. The second-order valence-electron chi connectivity index (χ2n) is 24.4. The van der Waals surface area contributed by atoms with Crippen LogP contribution in [0.2, 0.25) is 0 Å². The summed E-state index contributed by atoms with van der Waals surface area (Å²) in [5.74, 6) is -1.71. The molecule has 0 aliphatic rings. The highest BCUT2D eigenvalue weighted by atomic mass is 16.5. The standard InChI is InChI=1S/C84H73N7O12/c1-98-67-33-31-48-19-7-13-25-57(48)69(67)71-59-27-15-9-21-50(59)44-63(75(71)100-3)81(94)88-37-39-91(40-38-89-82(95)64-45-51-22-10-16-28-60(51)72(76(64)101-4)70-58-26-14-8-20-49(58)32-34-68(70)99-2)84(97)55-41-54(79(86)92)42-56(43-55)90-83(96)66-47-53-24-12-18-30-62(53)74(78(66)103-6)73-61-29-17-11-23-52(61)46-65(77(73)102-5)80(93)87-36-35-85/h7-34,41-47H,35-40,85H2,1-6H3,(H2,86,92)(H,87,93)(H,88,94)(H,89,95)(H,90,96). The van der Waals surface area contributed by atoms with E-state index in [2.05, 4.69) is 21.3 Å².